The molecule has 0 aromatic rings. The normalized spacial score (nSPS) is 12.2. The SMILES string of the molecule is O=S([O-])OCCO.[Na+]. The standard InChI is InChI=1S/C2H6O4S.Na/c3-1-2-6-7(4)5;/h3H,1-2H2,(H,4,5);/q;+1/p-1. The van der Waals surface area contributed by atoms with Crippen molar-refractivity contribution in [1.82, 2.24) is 0 Å². The van der Waals surface area contributed by atoms with Crippen LogP contribution < -0.4 is 29.6 Å². The molecule has 0 aromatic carbocycles. The molecule has 4 nitrogen and oxygen atoms in total. The first-order valence-electron chi connectivity index (χ1n) is 1.60. The van der Waals surface area contributed by atoms with Crippen molar-refractivity contribution in [3.8, 4) is 0 Å². The number of rotatable bonds is 3. The van der Waals surface area contributed by atoms with E-state index in [-0.39, 0.29) is 42.8 Å². The van der Waals surface area contributed by atoms with Crippen LogP contribution in [0.4, 0.5) is 0 Å². The second kappa shape index (κ2) is 8.03. The molecule has 0 spiro atoms. The van der Waals surface area contributed by atoms with Crippen LogP contribution in [0.1, 0.15) is 0 Å². The molecule has 0 saturated carbocycles. The van der Waals surface area contributed by atoms with Crippen molar-refractivity contribution in [1.29, 1.82) is 0 Å². The summed E-state index contributed by atoms with van der Waals surface area (Å²) in [7, 11) is 0. The summed E-state index contributed by atoms with van der Waals surface area (Å²) < 4.78 is 22.7. The Morgan fingerprint density at radius 3 is 2.38 bits per heavy atom. The Balaban J connectivity index is 0. The third kappa shape index (κ3) is 10.1. The van der Waals surface area contributed by atoms with E-state index in [0.717, 1.165) is 0 Å². The Morgan fingerprint density at radius 2 is 2.25 bits per heavy atom. The summed E-state index contributed by atoms with van der Waals surface area (Å²) in [6, 6.07) is 0. The molecule has 0 fully saturated rings. The van der Waals surface area contributed by atoms with Gasteiger partial charge in [0.2, 0.25) is 0 Å². The number of aliphatic hydroxyl groups is 1. The van der Waals surface area contributed by atoms with E-state index in [1.165, 1.54) is 0 Å². The summed E-state index contributed by atoms with van der Waals surface area (Å²) in [5, 5.41) is 7.92. The molecule has 0 aliphatic rings. The molecule has 0 radical (unpaired) electrons. The minimum Gasteiger partial charge on any atom is -0.750 e. The van der Waals surface area contributed by atoms with E-state index in [0.29, 0.717) is 0 Å². The van der Waals surface area contributed by atoms with Gasteiger partial charge < -0.3 is 9.66 Å². The van der Waals surface area contributed by atoms with Gasteiger partial charge in [-0.25, -0.2) is 4.21 Å². The van der Waals surface area contributed by atoms with Crippen LogP contribution in [0, 0.1) is 0 Å². The van der Waals surface area contributed by atoms with Gasteiger partial charge in [-0.2, -0.15) is 0 Å². The molecule has 0 aromatic heterocycles. The van der Waals surface area contributed by atoms with Crippen molar-refractivity contribution in [3.05, 3.63) is 0 Å². The first kappa shape index (κ1) is 11.8. The van der Waals surface area contributed by atoms with Crippen molar-refractivity contribution >= 4 is 11.4 Å². The van der Waals surface area contributed by atoms with Crippen LogP contribution in [0.5, 0.6) is 0 Å². The quantitative estimate of drug-likeness (QED) is 0.325. The van der Waals surface area contributed by atoms with Gasteiger partial charge in [-0.05, 0) is 0 Å². The third-order valence-electron chi connectivity index (χ3n) is 0.271. The first-order chi connectivity index (χ1) is 3.27. The average Bonchev–Trinajstić information content (AvgIpc) is 1.61. The minimum atomic E-state index is -2.48. The summed E-state index contributed by atoms with van der Waals surface area (Å²) >= 11 is -2.48. The zero-order chi connectivity index (χ0) is 5.70. The van der Waals surface area contributed by atoms with Gasteiger partial charge in [0, 0.05) is 0 Å². The molecule has 0 amide bonds. The second-order valence-corrected chi connectivity index (χ2v) is 1.39. The van der Waals surface area contributed by atoms with Crippen LogP contribution in [0.2, 0.25) is 0 Å². The molecule has 1 unspecified atom stereocenters. The maximum absolute atomic E-state index is 9.42. The fourth-order valence-corrected chi connectivity index (χ4v) is 0.316. The Kier molecular flexibility index (Phi) is 11.8. The molecule has 0 bridgehead atoms. The average molecular weight is 148 g/mol. The van der Waals surface area contributed by atoms with Crippen molar-refractivity contribution in [2.75, 3.05) is 13.2 Å². The fraction of sp³-hybridized carbons (Fsp3) is 1.00. The van der Waals surface area contributed by atoms with Crippen LogP contribution in [-0.4, -0.2) is 27.1 Å². The van der Waals surface area contributed by atoms with E-state index in [1.54, 1.807) is 0 Å². The minimum absolute atomic E-state index is 0. The van der Waals surface area contributed by atoms with Crippen molar-refractivity contribution in [3.63, 3.8) is 0 Å². The number of aliphatic hydroxyl groups excluding tert-OH is 1. The largest absolute Gasteiger partial charge is 1.00 e. The summed E-state index contributed by atoms with van der Waals surface area (Å²) in [4.78, 5) is 0. The molecule has 0 heterocycles. The van der Waals surface area contributed by atoms with Gasteiger partial charge in [-0.3, -0.25) is 4.18 Å². The van der Waals surface area contributed by atoms with Gasteiger partial charge in [-0.15, -0.1) is 0 Å². The molecule has 0 rings (SSSR count). The molecule has 0 saturated heterocycles. The summed E-state index contributed by atoms with van der Waals surface area (Å²) in [6.07, 6.45) is 0. The molecule has 44 valence electrons. The maximum atomic E-state index is 9.42. The molecular formula is C2H5NaO4S. The Morgan fingerprint density at radius 1 is 1.75 bits per heavy atom. The Labute approximate surface area is 72.0 Å². The van der Waals surface area contributed by atoms with Gasteiger partial charge in [0.15, 0.2) is 0 Å². The van der Waals surface area contributed by atoms with Gasteiger partial charge in [0.25, 0.3) is 0 Å². The molecular weight excluding hydrogens is 143 g/mol. The topological polar surface area (TPSA) is 69.6 Å². The molecule has 1 atom stereocenters. The van der Waals surface area contributed by atoms with Gasteiger partial charge in [0.05, 0.1) is 24.6 Å². The Hall–Kier alpha value is 1.03. The second-order valence-electron chi connectivity index (χ2n) is 0.750. The molecule has 0 aliphatic heterocycles. The van der Waals surface area contributed by atoms with Crippen LogP contribution in [0.3, 0.4) is 0 Å². The molecule has 1 N–H and O–H groups in total. The Bertz CT molecular complexity index is 67.1. The van der Waals surface area contributed by atoms with Crippen LogP contribution in [0.15, 0.2) is 0 Å². The van der Waals surface area contributed by atoms with E-state index in [9.17, 15) is 8.76 Å². The predicted octanol–water partition coefficient (Wildman–Crippen LogP) is -4.21. The van der Waals surface area contributed by atoms with Gasteiger partial charge in [-0.1, -0.05) is 0 Å². The van der Waals surface area contributed by atoms with Gasteiger partial charge in [0.1, 0.15) is 0 Å². The van der Waals surface area contributed by atoms with E-state index < -0.39 is 11.4 Å². The fourth-order valence-electron chi connectivity index (χ4n) is 0.105. The predicted molar refractivity (Wildman–Crippen MR) is 22.0 cm³/mol. The monoisotopic (exact) mass is 148 g/mol. The molecule has 8 heavy (non-hydrogen) atoms. The van der Waals surface area contributed by atoms with Gasteiger partial charge >= 0.3 is 29.6 Å². The zero-order valence-electron chi connectivity index (χ0n) is 4.49. The van der Waals surface area contributed by atoms with Crippen LogP contribution >= 0.6 is 0 Å². The maximum Gasteiger partial charge on any atom is 1.00 e. The summed E-state index contributed by atoms with van der Waals surface area (Å²) in [6.45, 7) is -0.426. The van der Waals surface area contributed by atoms with E-state index in [1.807, 2.05) is 0 Å². The van der Waals surface area contributed by atoms with Crippen LogP contribution in [0.25, 0.3) is 0 Å². The molecule has 0 aliphatic carbocycles. The van der Waals surface area contributed by atoms with E-state index >= 15 is 0 Å². The smallest absolute Gasteiger partial charge is 0.750 e. The number of hydrogen-bond acceptors (Lipinski definition) is 4. The van der Waals surface area contributed by atoms with Crippen LogP contribution in [-0.2, 0) is 15.5 Å². The van der Waals surface area contributed by atoms with Crippen molar-refractivity contribution < 1.29 is 47.6 Å². The number of hydrogen-bond donors (Lipinski definition) is 1. The third-order valence-corrected chi connectivity index (χ3v) is 0.630. The summed E-state index contributed by atoms with van der Waals surface area (Å²) in [5.74, 6) is 0. The van der Waals surface area contributed by atoms with Crippen molar-refractivity contribution in [2.24, 2.45) is 0 Å². The van der Waals surface area contributed by atoms with E-state index in [4.69, 9.17) is 5.11 Å². The molecule has 6 heteroatoms. The van der Waals surface area contributed by atoms with E-state index in [2.05, 4.69) is 4.18 Å². The summed E-state index contributed by atoms with van der Waals surface area (Å²) in [5.41, 5.74) is 0. The first-order valence-corrected chi connectivity index (χ1v) is 2.60. The van der Waals surface area contributed by atoms with Crippen molar-refractivity contribution in [2.45, 2.75) is 0 Å². The zero-order valence-corrected chi connectivity index (χ0v) is 7.31.